The predicted octanol–water partition coefficient (Wildman–Crippen LogP) is 2.50. The molecule has 20 heavy (non-hydrogen) atoms. The van der Waals surface area contributed by atoms with E-state index in [1.54, 1.807) is 18.9 Å². The van der Waals surface area contributed by atoms with E-state index in [0.717, 1.165) is 41.0 Å². The lowest BCUT2D eigenvalue weighted by molar-refractivity contribution is 0.405. The highest BCUT2D eigenvalue weighted by atomic mass is 32.2. The van der Waals surface area contributed by atoms with Gasteiger partial charge in [-0.3, -0.25) is 0 Å². The molecular weight excluding hydrogens is 272 g/mol. The van der Waals surface area contributed by atoms with Crippen molar-refractivity contribution in [3.8, 4) is 5.75 Å². The van der Waals surface area contributed by atoms with Crippen LogP contribution in [-0.4, -0.2) is 21.9 Å². The van der Waals surface area contributed by atoms with Crippen LogP contribution in [0.4, 0.5) is 5.69 Å². The quantitative estimate of drug-likeness (QED) is 0.692. The average Bonchev–Trinajstić information content (AvgIpc) is 2.89. The number of aromatic nitrogens is 3. The number of thioether (sulfide) groups is 1. The maximum atomic E-state index is 5.77. The number of hydrogen-bond donors (Lipinski definition) is 1. The van der Waals surface area contributed by atoms with E-state index in [1.807, 2.05) is 18.2 Å². The van der Waals surface area contributed by atoms with Crippen molar-refractivity contribution in [1.29, 1.82) is 0 Å². The van der Waals surface area contributed by atoms with Crippen molar-refractivity contribution in [3.63, 3.8) is 0 Å². The van der Waals surface area contributed by atoms with Crippen LogP contribution in [0, 0.1) is 0 Å². The first-order valence-electron chi connectivity index (χ1n) is 6.75. The summed E-state index contributed by atoms with van der Waals surface area (Å²) < 4.78 is 7.62. The maximum absolute atomic E-state index is 5.77. The summed E-state index contributed by atoms with van der Waals surface area (Å²) in [7, 11) is 1.66. The predicted molar refractivity (Wildman–Crippen MR) is 79.9 cm³/mol. The van der Waals surface area contributed by atoms with Crippen LogP contribution >= 0.6 is 11.8 Å². The molecule has 1 aliphatic heterocycles. The fraction of sp³-hybridized carbons (Fsp3) is 0.429. The molecule has 0 spiro atoms. The highest BCUT2D eigenvalue weighted by molar-refractivity contribution is 7.98. The molecule has 1 aliphatic rings. The summed E-state index contributed by atoms with van der Waals surface area (Å²) in [5, 5.41) is 8.59. The molecular formula is C14H18N4OS. The van der Waals surface area contributed by atoms with Crippen molar-refractivity contribution in [2.24, 2.45) is 0 Å². The molecule has 0 fully saturated rings. The minimum Gasteiger partial charge on any atom is -0.496 e. The van der Waals surface area contributed by atoms with E-state index < -0.39 is 0 Å². The monoisotopic (exact) mass is 290 g/mol. The lowest BCUT2D eigenvalue weighted by atomic mass is 10.2. The summed E-state index contributed by atoms with van der Waals surface area (Å²) in [6, 6.07) is 5.73. The Morgan fingerprint density at radius 3 is 3.10 bits per heavy atom. The van der Waals surface area contributed by atoms with Crippen LogP contribution in [0.25, 0.3) is 0 Å². The largest absolute Gasteiger partial charge is 0.496 e. The zero-order valence-corrected chi connectivity index (χ0v) is 12.3. The number of ether oxygens (including phenoxy) is 1. The molecule has 106 valence electrons. The molecule has 2 heterocycles. The molecule has 0 radical (unpaired) electrons. The smallest absolute Gasteiger partial charge is 0.143 e. The van der Waals surface area contributed by atoms with Crippen molar-refractivity contribution in [2.75, 3.05) is 12.8 Å². The molecule has 6 heteroatoms. The number of fused-ring (bicyclic) bond motifs is 1. The topological polar surface area (TPSA) is 66.0 Å². The number of anilines is 1. The van der Waals surface area contributed by atoms with Gasteiger partial charge in [-0.15, -0.1) is 22.0 Å². The lowest BCUT2D eigenvalue weighted by Crippen LogP contribution is -2.12. The Kier molecular flexibility index (Phi) is 3.82. The Morgan fingerprint density at radius 1 is 1.35 bits per heavy atom. The van der Waals surface area contributed by atoms with E-state index in [9.17, 15) is 0 Å². The van der Waals surface area contributed by atoms with Gasteiger partial charge in [0, 0.05) is 29.6 Å². The Hall–Kier alpha value is -1.69. The number of hydrogen-bond acceptors (Lipinski definition) is 5. The van der Waals surface area contributed by atoms with Crippen LogP contribution in [-0.2, 0) is 18.7 Å². The van der Waals surface area contributed by atoms with Gasteiger partial charge >= 0.3 is 0 Å². The van der Waals surface area contributed by atoms with Gasteiger partial charge in [0.2, 0.25) is 0 Å². The molecule has 2 N–H and O–H groups in total. The molecule has 0 atom stereocenters. The van der Waals surface area contributed by atoms with E-state index in [-0.39, 0.29) is 0 Å². The van der Waals surface area contributed by atoms with E-state index >= 15 is 0 Å². The minimum absolute atomic E-state index is 0.714. The van der Waals surface area contributed by atoms with Crippen molar-refractivity contribution < 1.29 is 4.74 Å². The first kappa shape index (κ1) is 13.3. The molecule has 0 saturated heterocycles. The summed E-state index contributed by atoms with van der Waals surface area (Å²) >= 11 is 1.71. The fourth-order valence-electron chi connectivity index (χ4n) is 2.42. The zero-order chi connectivity index (χ0) is 13.9. The molecule has 2 aromatic rings. The van der Waals surface area contributed by atoms with Crippen LogP contribution in [0.5, 0.6) is 5.75 Å². The third-order valence-corrected chi connectivity index (χ3v) is 4.53. The number of rotatable bonds is 4. The minimum atomic E-state index is 0.714. The number of nitrogens with zero attached hydrogens (tertiary/aromatic N) is 3. The Balaban J connectivity index is 1.75. The summed E-state index contributed by atoms with van der Waals surface area (Å²) in [6.07, 6.45) is 3.48. The van der Waals surface area contributed by atoms with Crippen LogP contribution in [0.2, 0.25) is 0 Å². The second-order valence-electron chi connectivity index (χ2n) is 4.84. The van der Waals surface area contributed by atoms with E-state index in [1.165, 1.54) is 12.8 Å². The number of nitrogen functional groups attached to an aromatic ring is 1. The van der Waals surface area contributed by atoms with Gasteiger partial charge in [0.1, 0.15) is 17.4 Å². The number of benzene rings is 1. The standard InChI is InChI=1S/C14H18N4OS/c1-19-11-8-10(15)5-6-12(11)20-9-14-17-16-13-4-2-3-7-18(13)14/h5-6,8H,2-4,7,9,15H2,1H3. The first-order valence-corrected chi connectivity index (χ1v) is 7.74. The van der Waals surface area contributed by atoms with Gasteiger partial charge < -0.3 is 15.0 Å². The molecule has 0 bridgehead atoms. The van der Waals surface area contributed by atoms with Crippen molar-refractivity contribution >= 4 is 17.4 Å². The Labute approximate surface area is 122 Å². The molecule has 5 nitrogen and oxygen atoms in total. The van der Waals surface area contributed by atoms with Crippen molar-refractivity contribution in [3.05, 3.63) is 29.8 Å². The molecule has 0 unspecified atom stereocenters. The molecule has 0 aliphatic carbocycles. The van der Waals surface area contributed by atoms with Crippen LogP contribution in [0.3, 0.4) is 0 Å². The highest BCUT2D eigenvalue weighted by Gasteiger charge is 2.16. The van der Waals surface area contributed by atoms with E-state index in [4.69, 9.17) is 10.5 Å². The first-order chi connectivity index (χ1) is 9.78. The van der Waals surface area contributed by atoms with Crippen LogP contribution < -0.4 is 10.5 Å². The van der Waals surface area contributed by atoms with Crippen LogP contribution in [0.1, 0.15) is 24.5 Å². The normalized spacial score (nSPS) is 14.1. The maximum Gasteiger partial charge on any atom is 0.143 e. The third kappa shape index (κ3) is 2.60. The Bertz CT molecular complexity index is 611. The molecule has 1 aromatic carbocycles. The molecule has 0 amide bonds. The van der Waals surface area contributed by atoms with Crippen molar-refractivity contribution in [2.45, 2.75) is 36.5 Å². The number of methoxy groups -OCH3 is 1. The third-order valence-electron chi connectivity index (χ3n) is 3.48. The van der Waals surface area contributed by atoms with Gasteiger partial charge in [-0.1, -0.05) is 0 Å². The summed E-state index contributed by atoms with van der Waals surface area (Å²) in [4.78, 5) is 1.08. The highest BCUT2D eigenvalue weighted by Crippen LogP contribution is 2.33. The second kappa shape index (κ2) is 5.75. The van der Waals surface area contributed by atoms with Gasteiger partial charge in [0.25, 0.3) is 0 Å². The molecule has 0 saturated carbocycles. The van der Waals surface area contributed by atoms with Crippen LogP contribution in [0.15, 0.2) is 23.1 Å². The van der Waals surface area contributed by atoms with E-state index in [2.05, 4.69) is 14.8 Å². The summed E-state index contributed by atoms with van der Waals surface area (Å²) in [5.74, 6) is 3.78. The molecule has 1 aromatic heterocycles. The lowest BCUT2D eigenvalue weighted by Gasteiger charge is -2.14. The van der Waals surface area contributed by atoms with Gasteiger partial charge in [0.15, 0.2) is 0 Å². The van der Waals surface area contributed by atoms with Crippen molar-refractivity contribution in [1.82, 2.24) is 14.8 Å². The Morgan fingerprint density at radius 2 is 2.25 bits per heavy atom. The van der Waals surface area contributed by atoms with E-state index in [0.29, 0.717) is 5.69 Å². The zero-order valence-electron chi connectivity index (χ0n) is 11.5. The van der Waals surface area contributed by atoms with Gasteiger partial charge in [0.05, 0.1) is 12.9 Å². The van der Waals surface area contributed by atoms with Gasteiger partial charge in [-0.2, -0.15) is 0 Å². The number of aryl methyl sites for hydroxylation is 1. The van der Waals surface area contributed by atoms with Gasteiger partial charge in [-0.05, 0) is 25.0 Å². The summed E-state index contributed by atoms with van der Waals surface area (Å²) in [6.45, 7) is 1.04. The fourth-order valence-corrected chi connectivity index (χ4v) is 3.37. The second-order valence-corrected chi connectivity index (χ2v) is 5.86. The molecule has 3 rings (SSSR count). The summed E-state index contributed by atoms with van der Waals surface area (Å²) in [5.41, 5.74) is 6.48. The number of nitrogens with two attached hydrogens (primary N) is 1. The van der Waals surface area contributed by atoms with Gasteiger partial charge in [-0.25, -0.2) is 0 Å². The SMILES string of the molecule is COc1cc(N)ccc1SCc1nnc2n1CCCC2. The average molecular weight is 290 g/mol.